The molecule has 4 heterocycles. The van der Waals surface area contributed by atoms with Crippen molar-refractivity contribution in [2.75, 3.05) is 0 Å². The second kappa shape index (κ2) is 8.30. The molecule has 4 aromatic carbocycles. The van der Waals surface area contributed by atoms with Crippen LogP contribution in [0.25, 0.3) is 66.5 Å². The smallest absolute Gasteiger partial charge is 0.138 e. The van der Waals surface area contributed by atoms with E-state index in [0.717, 1.165) is 44.8 Å². The molecule has 0 bridgehead atoms. The summed E-state index contributed by atoms with van der Waals surface area (Å²) in [6.07, 6.45) is 1.83. The van der Waals surface area contributed by atoms with Gasteiger partial charge in [0, 0.05) is 33.3 Å². The molecule has 5 heteroatoms. The fourth-order valence-corrected chi connectivity index (χ4v) is 5.80. The number of pyridine rings is 2. The molecule has 0 saturated carbocycles. The van der Waals surface area contributed by atoms with Crippen LogP contribution in [0, 0.1) is 0 Å². The normalized spacial score (nSPS) is 11.7. The molecule has 5 nitrogen and oxygen atoms in total. The van der Waals surface area contributed by atoms with Gasteiger partial charge in [-0.1, -0.05) is 60.7 Å². The van der Waals surface area contributed by atoms with Crippen molar-refractivity contribution in [1.29, 1.82) is 0 Å². The number of nitrogens with zero attached hydrogens (tertiary/aromatic N) is 4. The highest BCUT2D eigenvalue weighted by atomic mass is 16.3. The number of rotatable bonds is 3. The van der Waals surface area contributed by atoms with Gasteiger partial charge in [0.15, 0.2) is 0 Å². The second-order valence-corrected chi connectivity index (χ2v) is 9.68. The van der Waals surface area contributed by atoms with Crippen molar-refractivity contribution in [3.63, 3.8) is 0 Å². The lowest BCUT2D eigenvalue weighted by molar-refractivity contribution is 0.477. The summed E-state index contributed by atoms with van der Waals surface area (Å²) in [7, 11) is 0. The second-order valence-electron chi connectivity index (χ2n) is 9.68. The summed E-state index contributed by atoms with van der Waals surface area (Å²) in [4.78, 5) is 9.73. The number of hydrogen-bond acceptors (Lipinski definition) is 3. The minimum absolute atomic E-state index is 0.214. The van der Waals surface area contributed by atoms with Crippen molar-refractivity contribution >= 4 is 43.6 Å². The van der Waals surface area contributed by atoms with E-state index in [1.165, 1.54) is 16.2 Å². The number of para-hydroxylation sites is 3. The van der Waals surface area contributed by atoms with E-state index in [-0.39, 0.29) is 5.75 Å². The lowest BCUT2D eigenvalue weighted by atomic mass is 10.1. The largest absolute Gasteiger partial charge is 0.507 e. The molecule has 4 aromatic heterocycles. The molecule has 0 spiro atoms. The molecular formula is C34H22N4O. The van der Waals surface area contributed by atoms with Crippen LogP contribution in [-0.2, 0) is 0 Å². The summed E-state index contributed by atoms with van der Waals surface area (Å²) in [5.74, 6) is 1.89. The van der Waals surface area contributed by atoms with Gasteiger partial charge in [0.25, 0.3) is 0 Å². The Bertz CT molecular complexity index is 2190. The van der Waals surface area contributed by atoms with Crippen LogP contribution < -0.4 is 0 Å². The highest BCUT2D eigenvalue weighted by molar-refractivity contribution is 6.19. The van der Waals surface area contributed by atoms with E-state index < -0.39 is 0 Å². The zero-order valence-electron chi connectivity index (χ0n) is 20.9. The fraction of sp³-hybridized carbons (Fsp3) is 0. The van der Waals surface area contributed by atoms with Gasteiger partial charge < -0.3 is 5.11 Å². The third kappa shape index (κ3) is 3.20. The first-order chi connectivity index (χ1) is 19.3. The van der Waals surface area contributed by atoms with Gasteiger partial charge in [-0.25, -0.2) is 9.97 Å². The number of fused-ring (bicyclic) bond motifs is 6. The van der Waals surface area contributed by atoms with Gasteiger partial charge in [0.05, 0.1) is 27.8 Å². The summed E-state index contributed by atoms with van der Waals surface area (Å²) in [5.41, 5.74) is 5.78. The molecule has 0 atom stereocenters. The van der Waals surface area contributed by atoms with Crippen LogP contribution in [0.2, 0.25) is 0 Å². The molecule has 0 saturated heterocycles. The predicted octanol–water partition coefficient (Wildman–Crippen LogP) is 8.04. The molecule has 0 radical (unpaired) electrons. The maximum Gasteiger partial charge on any atom is 0.138 e. The summed E-state index contributed by atoms with van der Waals surface area (Å²) in [6, 6.07) is 40.8. The van der Waals surface area contributed by atoms with Gasteiger partial charge in [0.2, 0.25) is 0 Å². The van der Waals surface area contributed by atoms with Gasteiger partial charge in [-0.2, -0.15) is 0 Å². The Morgan fingerprint density at radius 2 is 1.10 bits per heavy atom. The molecule has 0 fully saturated rings. The Morgan fingerprint density at radius 3 is 1.79 bits per heavy atom. The van der Waals surface area contributed by atoms with Crippen LogP contribution in [-0.4, -0.2) is 24.2 Å². The van der Waals surface area contributed by atoms with Crippen LogP contribution in [0.3, 0.4) is 0 Å². The third-order valence-electron chi connectivity index (χ3n) is 7.49. The van der Waals surface area contributed by atoms with Crippen LogP contribution in [0.15, 0.2) is 128 Å². The summed E-state index contributed by atoms with van der Waals surface area (Å²) < 4.78 is 4.45. The Hall–Kier alpha value is -5.42. The van der Waals surface area contributed by atoms with Crippen LogP contribution in [0.1, 0.15) is 0 Å². The lowest BCUT2D eigenvalue weighted by Crippen LogP contribution is -1.99. The number of aromatic hydroxyl groups is 1. The lowest BCUT2D eigenvalue weighted by Gasteiger charge is -2.11. The third-order valence-corrected chi connectivity index (χ3v) is 7.49. The zero-order chi connectivity index (χ0) is 25.9. The van der Waals surface area contributed by atoms with Crippen LogP contribution in [0.4, 0.5) is 0 Å². The number of aromatic nitrogens is 4. The van der Waals surface area contributed by atoms with Gasteiger partial charge >= 0.3 is 0 Å². The van der Waals surface area contributed by atoms with E-state index in [4.69, 9.17) is 9.97 Å². The van der Waals surface area contributed by atoms with E-state index in [1.54, 1.807) is 6.07 Å². The fourth-order valence-electron chi connectivity index (χ4n) is 5.80. The minimum atomic E-state index is 0.214. The quantitative estimate of drug-likeness (QED) is 0.266. The van der Waals surface area contributed by atoms with Crippen molar-refractivity contribution < 1.29 is 5.11 Å². The Labute approximate surface area is 223 Å². The van der Waals surface area contributed by atoms with Gasteiger partial charge in [-0.15, -0.1) is 0 Å². The summed E-state index contributed by atoms with van der Waals surface area (Å²) >= 11 is 0. The monoisotopic (exact) mass is 502 g/mol. The average Bonchev–Trinajstić information content (AvgIpc) is 3.49. The number of benzene rings is 4. The number of phenols is 1. The average molecular weight is 503 g/mol. The molecular weight excluding hydrogens is 480 g/mol. The molecule has 8 rings (SSSR count). The predicted molar refractivity (Wildman–Crippen MR) is 158 cm³/mol. The van der Waals surface area contributed by atoms with Crippen molar-refractivity contribution in [3.05, 3.63) is 128 Å². The maximum atomic E-state index is 10.5. The first-order valence-corrected chi connectivity index (χ1v) is 12.9. The van der Waals surface area contributed by atoms with E-state index >= 15 is 0 Å². The SMILES string of the molecule is Oc1ccccc1-c1cccc(-n2c3ccccc3c3cc4c5ccccc5n(-c5ccccn5)c4cc32)n1. The van der Waals surface area contributed by atoms with E-state index in [1.807, 2.05) is 60.8 Å². The molecule has 8 aromatic rings. The molecule has 184 valence electrons. The summed E-state index contributed by atoms with van der Waals surface area (Å²) in [5, 5.41) is 15.2. The molecule has 0 unspecified atom stereocenters. The molecule has 0 amide bonds. The maximum absolute atomic E-state index is 10.5. The first kappa shape index (κ1) is 21.6. The Balaban J connectivity index is 1.49. The zero-order valence-corrected chi connectivity index (χ0v) is 20.9. The molecule has 0 aliphatic carbocycles. The van der Waals surface area contributed by atoms with Crippen LogP contribution >= 0.6 is 0 Å². The van der Waals surface area contributed by atoms with Gasteiger partial charge in [-0.3, -0.25) is 9.13 Å². The highest BCUT2D eigenvalue weighted by Crippen LogP contribution is 2.39. The van der Waals surface area contributed by atoms with Crippen LogP contribution in [0.5, 0.6) is 5.75 Å². The Morgan fingerprint density at radius 1 is 0.487 bits per heavy atom. The molecule has 0 aliphatic heterocycles. The van der Waals surface area contributed by atoms with E-state index in [0.29, 0.717) is 5.56 Å². The number of phenolic OH excluding ortho intramolecular Hbond substituents is 1. The minimum Gasteiger partial charge on any atom is -0.507 e. The van der Waals surface area contributed by atoms with Gasteiger partial charge in [-0.05, 0) is 60.7 Å². The molecule has 39 heavy (non-hydrogen) atoms. The van der Waals surface area contributed by atoms with Crippen molar-refractivity contribution in [3.8, 4) is 28.6 Å². The number of hydrogen-bond donors (Lipinski definition) is 1. The van der Waals surface area contributed by atoms with Crippen molar-refractivity contribution in [2.45, 2.75) is 0 Å². The topological polar surface area (TPSA) is 55.9 Å². The van der Waals surface area contributed by atoms with Crippen molar-refractivity contribution in [1.82, 2.24) is 19.1 Å². The van der Waals surface area contributed by atoms with E-state index in [2.05, 4.69) is 69.8 Å². The standard InChI is InChI=1S/C34H22N4O/c39-32-16-6-3-12-24(32)27-13-9-18-34(36-27)38-29-15-5-2-11-23(29)26-20-25-22-10-1-4-14-28(22)37(30(25)21-31(26)38)33-17-7-8-19-35-33/h1-21,39H. The molecule has 0 aliphatic rings. The van der Waals surface area contributed by atoms with Crippen molar-refractivity contribution in [2.24, 2.45) is 0 Å². The highest BCUT2D eigenvalue weighted by Gasteiger charge is 2.19. The summed E-state index contributed by atoms with van der Waals surface area (Å²) in [6.45, 7) is 0. The van der Waals surface area contributed by atoms with E-state index in [9.17, 15) is 5.11 Å². The van der Waals surface area contributed by atoms with Gasteiger partial charge in [0.1, 0.15) is 17.4 Å². The molecule has 1 N–H and O–H groups in total. The first-order valence-electron chi connectivity index (χ1n) is 12.9. The Kier molecular flexibility index (Phi) is 4.60.